The lowest BCUT2D eigenvalue weighted by Gasteiger charge is -2.40. The Morgan fingerprint density at radius 3 is 2.40 bits per heavy atom. The zero-order chi connectivity index (χ0) is 13.7. The van der Waals surface area contributed by atoms with Crippen LogP contribution < -0.4 is 5.73 Å². The molecule has 0 radical (unpaired) electrons. The summed E-state index contributed by atoms with van der Waals surface area (Å²) < 4.78 is 5.40. The maximum Gasteiger partial charge on any atom is 0.191 e. The van der Waals surface area contributed by atoms with Crippen molar-refractivity contribution in [3.05, 3.63) is 0 Å². The Bertz CT molecular complexity index is 315. The minimum absolute atomic E-state index is 0. The van der Waals surface area contributed by atoms with Crippen molar-refractivity contribution in [2.75, 3.05) is 57.4 Å². The third-order valence-corrected chi connectivity index (χ3v) is 4.77. The number of morpholine rings is 1. The Morgan fingerprint density at radius 2 is 1.80 bits per heavy atom. The van der Waals surface area contributed by atoms with Crippen LogP contribution in [-0.2, 0) is 4.74 Å². The van der Waals surface area contributed by atoms with Crippen molar-refractivity contribution in [2.45, 2.75) is 19.4 Å². The minimum Gasteiger partial charge on any atom is -0.379 e. The number of nitrogens with two attached hydrogens (primary N) is 1. The predicted molar refractivity (Wildman–Crippen MR) is 97.3 cm³/mol. The van der Waals surface area contributed by atoms with Crippen molar-refractivity contribution in [1.82, 2.24) is 9.80 Å². The number of hydrogen-bond acceptors (Lipinski definition) is 4. The molecule has 0 amide bonds. The van der Waals surface area contributed by atoms with Crippen molar-refractivity contribution < 1.29 is 4.74 Å². The molecular weight excluding hydrogens is 387 g/mol. The molecule has 0 aromatic heterocycles. The summed E-state index contributed by atoms with van der Waals surface area (Å²) in [6.45, 7) is 10.9. The number of guanidine groups is 1. The summed E-state index contributed by atoms with van der Waals surface area (Å²) in [4.78, 5) is 9.27. The van der Waals surface area contributed by atoms with Gasteiger partial charge in [-0.25, -0.2) is 0 Å². The average molecular weight is 414 g/mol. The summed E-state index contributed by atoms with van der Waals surface area (Å²) in [5.41, 5.74) is 6.16. The SMILES string of the molecule is CC(C)(CN=C(N)N1CCSCC1)N1CCOCC1.I. The van der Waals surface area contributed by atoms with Crippen LogP contribution in [0.4, 0.5) is 0 Å². The van der Waals surface area contributed by atoms with Gasteiger partial charge in [-0.3, -0.25) is 9.89 Å². The molecule has 0 aromatic rings. The van der Waals surface area contributed by atoms with E-state index in [0.29, 0.717) is 5.96 Å². The van der Waals surface area contributed by atoms with Gasteiger partial charge < -0.3 is 15.4 Å². The van der Waals surface area contributed by atoms with E-state index in [1.165, 1.54) is 0 Å². The van der Waals surface area contributed by atoms with Gasteiger partial charge >= 0.3 is 0 Å². The van der Waals surface area contributed by atoms with Crippen molar-refractivity contribution in [2.24, 2.45) is 10.7 Å². The number of aliphatic imine (C=N–C) groups is 1. The lowest BCUT2D eigenvalue weighted by atomic mass is 10.0. The molecule has 0 saturated carbocycles. The highest BCUT2D eigenvalue weighted by molar-refractivity contribution is 14.0. The molecule has 0 spiro atoms. The molecule has 0 aliphatic carbocycles. The molecule has 2 aliphatic rings. The standard InChI is InChI=1S/C13H26N4OS.HI/c1-13(2,17-3-7-18-8-4-17)11-15-12(14)16-5-9-19-10-6-16;/h3-11H2,1-2H3,(H2,14,15);1H. The highest BCUT2D eigenvalue weighted by atomic mass is 127. The van der Waals surface area contributed by atoms with Crippen LogP contribution >= 0.6 is 35.7 Å². The second-order valence-corrected chi connectivity index (χ2v) is 6.91. The van der Waals surface area contributed by atoms with E-state index in [9.17, 15) is 0 Å². The monoisotopic (exact) mass is 414 g/mol. The molecule has 0 aromatic carbocycles. The molecule has 20 heavy (non-hydrogen) atoms. The van der Waals surface area contributed by atoms with E-state index in [1.807, 2.05) is 11.8 Å². The Labute approximate surface area is 143 Å². The molecule has 0 unspecified atom stereocenters. The molecule has 0 atom stereocenters. The van der Waals surface area contributed by atoms with Crippen LogP contribution in [0.25, 0.3) is 0 Å². The smallest absolute Gasteiger partial charge is 0.191 e. The van der Waals surface area contributed by atoms with E-state index in [-0.39, 0.29) is 29.5 Å². The molecule has 2 heterocycles. The van der Waals surface area contributed by atoms with Crippen LogP contribution in [0, 0.1) is 0 Å². The van der Waals surface area contributed by atoms with E-state index in [2.05, 4.69) is 28.6 Å². The van der Waals surface area contributed by atoms with Crippen molar-refractivity contribution in [3.63, 3.8) is 0 Å². The van der Waals surface area contributed by atoms with Crippen LogP contribution in [0.3, 0.4) is 0 Å². The first-order valence-electron chi connectivity index (χ1n) is 7.05. The Balaban J connectivity index is 0.00000200. The van der Waals surface area contributed by atoms with Crippen molar-refractivity contribution >= 4 is 41.7 Å². The zero-order valence-electron chi connectivity index (χ0n) is 12.5. The third-order valence-electron chi connectivity index (χ3n) is 3.83. The molecule has 2 N–H and O–H groups in total. The molecule has 0 bridgehead atoms. The molecule has 2 fully saturated rings. The molecule has 2 aliphatic heterocycles. The number of halogens is 1. The molecule has 2 rings (SSSR count). The van der Waals surface area contributed by atoms with Crippen LogP contribution in [-0.4, -0.2) is 78.7 Å². The average Bonchev–Trinajstić information content (AvgIpc) is 2.47. The van der Waals surface area contributed by atoms with Gasteiger partial charge in [-0.2, -0.15) is 11.8 Å². The normalized spacial score (nSPS) is 22.5. The van der Waals surface area contributed by atoms with Crippen molar-refractivity contribution in [1.29, 1.82) is 0 Å². The third kappa shape index (κ3) is 5.23. The minimum atomic E-state index is 0. The Kier molecular flexibility index (Phi) is 7.92. The molecule has 5 nitrogen and oxygen atoms in total. The fourth-order valence-corrected chi connectivity index (χ4v) is 3.34. The van der Waals surface area contributed by atoms with Gasteiger partial charge in [0, 0.05) is 43.2 Å². The first-order chi connectivity index (χ1) is 9.09. The first kappa shape index (κ1) is 18.3. The van der Waals surface area contributed by atoms with Gasteiger partial charge in [0.1, 0.15) is 0 Å². The van der Waals surface area contributed by atoms with Crippen LogP contribution in [0.1, 0.15) is 13.8 Å². The van der Waals surface area contributed by atoms with E-state index >= 15 is 0 Å². The Hall–Kier alpha value is 0.270. The van der Waals surface area contributed by atoms with Gasteiger partial charge in [-0.1, -0.05) is 0 Å². The van der Waals surface area contributed by atoms with Crippen molar-refractivity contribution in [3.8, 4) is 0 Å². The first-order valence-corrected chi connectivity index (χ1v) is 8.20. The Morgan fingerprint density at radius 1 is 1.20 bits per heavy atom. The second kappa shape index (κ2) is 8.65. The molecular formula is C13H27IN4OS. The van der Waals surface area contributed by atoms with Crippen LogP contribution in [0.15, 0.2) is 4.99 Å². The summed E-state index contributed by atoms with van der Waals surface area (Å²) in [5, 5.41) is 0. The van der Waals surface area contributed by atoms with Gasteiger partial charge in [0.2, 0.25) is 0 Å². The highest BCUT2D eigenvalue weighted by Crippen LogP contribution is 2.17. The fraction of sp³-hybridized carbons (Fsp3) is 0.923. The van der Waals surface area contributed by atoms with Crippen LogP contribution in [0.2, 0.25) is 0 Å². The van der Waals surface area contributed by atoms with Gasteiger partial charge in [0.25, 0.3) is 0 Å². The number of rotatable bonds is 3. The van der Waals surface area contributed by atoms with E-state index in [4.69, 9.17) is 10.5 Å². The summed E-state index contributed by atoms with van der Waals surface area (Å²) in [6.07, 6.45) is 0. The van der Waals surface area contributed by atoms with E-state index < -0.39 is 0 Å². The van der Waals surface area contributed by atoms with Crippen LogP contribution in [0.5, 0.6) is 0 Å². The lowest BCUT2D eigenvalue weighted by molar-refractivity contribution is -0.00687. The zero-order valence-corrected chi connectivity index (χ0v) is 15.7. The molecule has 7 heteroatoms. The topological polar surface area (TPSA) is 54.1 Å². The van der Waals surface area contributed by atoms with E-state index in [1.54, 1.807) is 0 Å². The maximum absolute atomic E-state index is 6.11. The predicted octanol–water partition coefficient (Wildman–Crippen LogP) is 1.08. The largest absolute Gasteiger partial charge is 0.379 e. The molecule has 2 saturated heterocycles. The highest BCUT2D eigenvalue weighted by Gasteiger charge is 2.28. The molecule has 118 valence electrons. The van der Waals surface area contributed by atoms with Gasteiger partial charge in [0.05, 0.1) is 19.8 Å². The fourth-order valence-electron chi connectivity index (χ4n) is 2.44. The van der Waals surface area contributed by atoms with E-state index in [0.717, 1.165) is 57.4 Å². The number of ether oxygens (including phenoxy) is 1. The van der Waals surface area contributed by atoms with Gasteiger partial charge in [-0.05, 0) is 13.8 Å². The summed E-state index contributed by atoms with van der Waals surface area (Å²) in [6, 6.07) is 0. The number of nitrogens with zero attached hydrogens (tertiary/aromatic N) is 3. The lowest BCUT2D eigenvalue weighted by Crippen LogP contribution is -2.52. The number of hydrogen-bond donors (Lipinski definition) is 1. The quantitative estimate of drug-likeness (QED) is 0.426. The summed E-state index contributed by atoms with van der Waals surface area (Å²) in [5.74, 6) is 3.02. The maximum atomic E-state index is 6.11. The summed E-state index contributed by atoms with van der Waals surface area (Å²) in [7, 11) is 0. The second-order valence-electron chi connectivity index (χ2n) is 5.69. The van der Waals surface area contributed by atoms with Gasteiger partial charge in [0.15, 0.2) is 5.96 Å². The summed E-state index contributed by atoms with van der Waals surface area (Å²) >= 11 is 1.99. The van der Waals surface area contributed by atoms with Gasteiger partial charge in [-0.15, -0.1) is 24.0 Å². The number of thioether (sulfide) groups is 1.